The van der Waals surface area contributed by atoms with Crippen molar-refractivity contribution in [2.24, 2.45) is 0 Å². The zero-order chi connectivity index (χ0) is 59.9. The number of esters is 3. The smallest absolute Gasteiger partial charge is 0.306 e. The van der Waals surface area contributed by atoms with E-state index in [9.17, 15) is 14.4 Å². The van der Waals surface area contributed by atoms with Gasteiger partial charge in [-0.05, 0) is 141 Å². The molecular weight excluding hydrogens is 1020 g/mol. The molecule has 0 saturated heterocycles. The van der Waals surface area contributed by atoms with Gasteiger partial charge in [0.1, 0.15) is 13.2 Å². The summed E-state index contributed by atoms with van der Waals surface area (Å²) in [6.45, 7) is 6.35. The zero-order valence-corrected chi connectivity index (χ0v) is 53.7. The summed E-state index contributed by atoms with van der Waals surface area (Å²) in [5, 5.41) is 0. The molecule has 0 bridgehead atoms. The van der Waals surface area contributed by atoms with Gasteiger partial charge in [-0.2, -0.15) is 0 Å². The molecule has 6 heteroatoms. The lowest BCUT2D eigenvalue weighted by atomic mass is 10.1. The van der Waals surface area contributed by atoms with Crippen molar-refractivity contribution in [3.63, 3.8) is 0 Å². The minimum absolute atomic E-state index is 0.0933. The zero-order valence-electron chi connectivity index (χ0n) is 53.7. The van der Waals surface area contributed by atoms with Crippen LogP contribution in [0.25, 0.3) is 0 Å². The predicted octanol–water partition coefficient (Wildman–Crippen LogP) is 23.7. The third-order valence-electron chi connectivity index (χ3n) is 14.0. The van der Waals surface area contributed by atoms with Gasteiger partial charge in [-0.1, -0.05) is 288 Å². The minimum atomic E-state index is -0.798. The fraction of sp³-hybridized carbons (Fsp3) is 0.623. The first kappa shape index (κ1) is 78.0. The Balaban J connectivity index is 4.25. The molecule has 0 aliphatic heterocycles. The number of carbonyl (C=O) groups is 3. The number of rotatable bonds is 60. The molecule has 0 saturated carbocycles. The van der Waals surface area contributed by atoms with E-state index in [-0.39, 0.29) is 31.1 Å². The first-order valence-electron chi connectivity index (χ1n) is 34.0. The van der Waals surface area contributed by atoms with E-state index in [0.29, 0.717) is 19.3 Å². The Kier molecular flexibility index (Phi) is 65.4. The predicted molar refractivity (Wildman–Crippen MR) is 362 cm³/mol. The van der Waals surface area contributed by atoms with Gasteiger partial charge < -0.3 is 14.2 Å². The Labute approximate surface area is 511 Å². The van der Waals surface area contributed by atoms with E-state index in [4.69, 9.17) is 14.2 Å². The Bertz CT molecular complexity index is 1840. The van der Waals surface area contributed by atoms with Crippen molar-refractivity contribution in [1.29, 1.82) is 0 Å². The standard InChI is InChI=1S/C77H124O6/c1-4-7-10-13-16-19-22-24-26-28-30-31-32-33-34-35-36-37-38-39-40-41-42-43-44-45-47-48-50-52-55-58-61-64-67-70-76(79)82-73-74(72-81-75(78)69-66-63-60-57-54-21-18-15-12-9-6-3)83-77(80)71-68-65-62-59-56-53-51-49-46-29-27-25-23-20-17-14-11-8-5-2/h7-8,10-11,15-20,24-27,30-31,33-34,36-37,39-40,42-43,46,49,74H,4-6,9,12-14,21-23,28-29,32,35,38,41,44-45,47-48,50-73H2,1-3H3/b10-7-,11-8-,18-15-,19-16-,20-17-,26-24-,27-25-,31-30-,34-33-,37-36-,40-39-,43-42-,49-46-. The van der Waals surface area contributed by atoms with Crippen LogP contribution in [0.15, 0.2) is 158 Å². The molecule has 0 aliphatic rings. The van der Waals surface area contributed by atoms with Crippen LogP contribution in [0.2, 0.25) is 0 Å². The van der Waals surface area contributed by atoms with Gasteiger partial charge in [0.15, 0.2) is 6.10 Å². The maximum Gasteiger partial charge on any atom is 0.306 e. The molecule has 6 nitrogen and oxygen atoms in total. The lowest BCUT2D eigenvalue weighted by molar-refractivity contribution is -0.167. The van der Waals surface area contributed by atoms with Crippen molar-refractivity contribution in [3.8, 4) is 0 Å². The highest BCUT2D eigenvalue weighted by atomic mass is 16.6. The number of hydrogen-bond donors (Lipinski definition) is 0. The lowest BCUT2D eigenvalue weighted by Gasteiger charge is -2.18. The summed E-state index contributed by atoms with van der Waals surface area (Å²) in [4.78, 5) is 38.3. The Morgan fingerprint density at radius 2 is 0.470 bits per heavy atom. The highest BCUT2D eigenvalue weighted by Gasteiger charge is 2.19. The maximum absolute atomic E-state index is 12.9. The van der Waals surface area contributed by atoms with Gasteiger partial charge in [0.2, 0.25) is 0 Å². The van der Waals surface area contributed by atoms with Gasteiger partial charge in [-0.25, -0.2) is 0 Å². The topological polar surface area (TPSA) is 78.9 Å². The van der Waals surface area contributed by atoms with Gasteiger partial charge in [0.25, 0.3) is 0 Å². The lowest BCUT2D eigenvalue weighted by Crippen LogP contribution is -2.30. The monoisotopic (exact) mass is 1140 g/mol. The summed E-state index contributed by atoms with van der Waals surface area (Å²) < 4.78 is 16.9. The van der Waals surface area contributed by atoms with Crippen molar-refractivity contribution in [1.82, 2.24) is 0 Å². The summed E-state index contributed by atoms with van der Waals surface area (Å²) in [5.41, 5.74) is 0. The molecule has 1 atom stereocenters. The normalized spacial score (nSPS) is 13.1. The van der Waals surface area contributed by atoms with Gasteiger partial charge in [0, 0.05) is 19.3 Å². The first-order chi connectivity index (χ1) is 41.0. The van der Waals surface area contributed by atoms with Crippen LogP contribution in [-0.4, -0.2) is 37.2 Å². The summed E-state index contributed by atoms with van der Waals surface area (Å²) >= 11 is 0. The maximum atomic E-state index is 12.9. The van der Waals surface area contributed by atoms with Crippen LogP contribution in [0, 0.1) is 0 Å². The van der Waals surface area contributed by atoms with Crippen LogP contribution in [0.3, 0.4) is 0 Å². The molecule has 83 heavy (non-hydrogen) atoms. The third kappa shape index (κ3) is 67.7. The first-order valence-corrected chi connectivity index (χ1v) is 34.0. The summed E-state index contributed by atoms with van der Waals surface area (Å²) in [7, 11) is 0. The Morgan fingerprint density at radius 3 is 0.747 bits per heavy atom. The number of unbranched alkanes of at least 4 members (excludes halogenated alkanes) is 23. The number of carbonyl (C=O) groups excluding carboxylic acids is 3. The second-order valence-corrected chi connectivity index (χ2v) is 22.0. The van der Waals surface area contributed by atoms with E-state index in [1.807, 2.05) is 0 Å². The van der Waals surface area contributed by atoms with Crippen LogP contribution in [0.4, 0.5) is 0 Å². The summed E-state index contributed by atoms with van der Waals surface area (Å²) in [5.74, 6) is -0.921. The van der Waals surface area contributed by atoms with E-state index < -0.39 is 6.10 Å². The van der Waals surface area contributed by atoms with Crippen molar-refractivity contribution in [2.45, 2.75) is 297 Å². The molecule has 0 amide bonds. The van der Waals surface area contributed by atoms with E-state index in [0.717, 1.165) is 167 Å². The molecule has 1 unspecified atom stereocenters. The molecule has 0 radical (unpaired) electrons. The summed E-state index contributed by atoms with van der Waals surface area (Å²) in [6, 6.07) is 0. The van der Waals surface area contributed by atoms with E-state index >= 15 is 0 Å². The summed E-state index contributed by atoms with van der Waals surface area (Å²) in [6.07, 6.45) is 101. The van der Waals surface area contributed by atoms with E-state index in [1.165, 1.54) is 83.5 Å². The molecule has 0 fully saturated rings. The quantitative estimate of drug-likeness (QED) is 0.0261. The molecular formula is C77H124O6. The van der Waals surface area contributed by atoms with Crippen molar-refractivity contribution < 1.29 is 28.6 Å². The van der Waals surface area contributed by atoms with Crippen LogP contribution < -0.4 is 0 Å². The van der Waals surface area contributed by atoms with Crippen molar-refractivity contribution in [3.05, 3.63) is 158 Å². The van der Waals surface area contributed by atoms with E-state index in [2.05, 4.69) is 179 Å². The number of ether oxygens (including phenoxy) is 3. The molecule has 0 heterocycles. The molecule has 468 valence electrons. The van der Waals surface area contributed by atoms with Crippen molar-refractivity contribution in [2.75, 3.05) is 13.2 Å². The van der Waals surface area contributed by atoms with Crippen LogP contribution >= 0.6 is 0 Å². The average molecular weight is 1150 g/mol. The fourth-order valence-electron chi connectivity index (χ4n) is 8.96. The number of hydrogen-bond acceptors (Lipinski definition) is 6. The molecule has 0 aromatic rings. The second-order valence-electron chi connectivity index (χ2n) is 22.0. The largest absolute Gasteiger partial charge is 0.462 e. The van der Waals surface area contributed by atoms with Crippen LogP contribution in [-0.2, 0) is 28.6 Å². The van der Waals surface area contributed by atoms with Gasteiger partial charge in [0.05, 0.1) is 0 Å². The molecule has 0 aromatic carbocycles. The Hall–Kier alpha value is -4.97. The second kappa shape index (κ2) is 69.5. The Morgan fingerprint density at radius 1 is 0.253 bits per heavy atom. The fourth-order valence-corrected chi connectivity index (χ4v) is 8.96. The molecule has 0 N–H and O–H groups in total. The minimum Gasteiger partial charge on any atom is -0.462 e. The van der Waals surface area contributed by atoms with Crippen LogP contribution in [0.1, 0.15) is 290 Å². The molecule has 0 aromatic heterocycles. The highest BCUT2D eigenvalue weighted by molar-refractivity contribution is 5.71. The average Bonchev–Trinajstić information content (AvgIpc) is 3.48. The van der Waals surface area contributed by atoms with Crippen molar-refractivity contribution >= 4 is 17.9 Å². The molecule has 0 spiro atoms. The van der Waals surface area contributed by atoms with Gasteiger partial charge in [-0.3, -0.25) is 14.4 Å². The molecule has 0 rings (SSSR count). The van der Waals surface area contributed by atoms with Gasteiger partial charge in [-0.15, -0.1) is 0 Å². The SMILES string of the molecule is CC/C=C\C/C=C\C/C=C\C/C=C\C/C=C\C/C=C\C/C=C\C/C=C\CCCCCCCCCCCCC(=O)OCC(COC(=O)CCCCCCC/C=C\CCCC)OC(=O)CCCCCCCC/C=C\C/C=C\C/C=C\C/C=C\CC. The highest BCUT2D eigenvalue weighted by Crippen LogP contribution is 2.15. The van der Waals surface area contributed by atoms with Crippen LogP contribution in [0.5, 0.6) is 0 Å². The third-order valence-corrected chi connectivity index (χ3v) is 14.0. The van der Waals surface area contributed by atoms with E-state index in [1.54, 1.807) is 0 Å². The number of allylic oxidation sites excluding steroid dienone is 26. The molecule has 0 aliphatic carbocycles. The van der Waals surface area contributed by atoms with Gasteiger partial charge >= 0.3 is 17.9 Å².